The van der Waals surface area contributed by atoms with Crippen LogP contribution in [0.3, 0.4) is 0 Å². The summed E-state index contributed by atoms with van der Waals surface area (Å²) in [6.07, 6.45) is 3.96. The van der Waals surface area contributed by atoms with Crippen LogP contribution in [0.4, 0.5) is 0 Å². The van der Waals surface area contributed by atoms with Crippen molar-refractivity contribution in [1.82, 2.24) is 9.80 Å². The second kappa shape index (κ2) is 11.9. The van der Waals surface area contributed by atoms with E-state index < -0.39 is 0 Å². The van der Waals surface area contributed by atoms with Gasteiger partial charge in [0.25, 0.3) is 0 Å². The molecule has 0 radical (unpaired) electrons. The van der Waals surface area contributed by atoms with E-state index in [1.807, 2.05) is 27.7 Å². The monoisotopic (exact) mass is 464 g/mol. The van der Waals surface area contributed by atoms with E-state index >= 15 is 0 Å². The van der Waals surface area contributed by atoms with Gasteiger partial charge in [-0.3, -0.25) is 9.69 Å². The van der Waals surface area contributed by atoms with E-state index in [1.165, 1.54) is 22.3 Å². The Labute approximate surface area is 207 Å². The SMILES string of the molecule is CC.CC.Cc1ccc(CN2CC3(CCN(C(C)c4ccc5c(c4)OCC5)CC3)CC2=O)cc1. The maximum absolute atomic E-state index is 12.8. The zero-order valence-electron chi connectivity index (χ0n) is 22.2. The highest BCUT2D eigenvalue weighted by Crippen LogP contribution is 2.43. The van der Waals surface area contributed by atoms with Crippen LogP contribution in [-0.2, 0) is 17.8 Å². The summed E-state index contributed by atoms with van der Waals surface area (Å²) in [5.41, 5.74) is 5.34. The number of hydrogen-bond donors (Lipinski definition) is 0. The number of likely N-dealkylation sites (tertiary alicyclic amines) is 2. The minimum atomic E-state index is 0.166. The summed E-state index contributed by atoms with van der Waals surface area (Å²) in [4.78, 5) is 17.4. The Bertz CT molecular complexity index is 929. The van der Waals surface area contributed by atoms with E-state index in [0.29, 0.717) is 18.4 Å². The fourth-order valence-electron chi connectivity index (χ4n) is 5.41. The van der Waals surface area contributed by atoms with Crippen molar-refractivity contribution in [1.29, 1.82) is 0 Å². The molecule has 0 aromatic heterocycles. The van der Waals surface area contributed by atoms with Crippen LogP contribution in [0.5, 0.6) is 5.75 Å². The summed E-state index contributed by atoms with van der Waals surface area (Å²) in [6, 6.07) is 15.7. The zero-order valence-corrected chi connectivity index (χ0v) is 22.2. The Morgan fingerprint density at radius 2 is 1.68 bits per heavy atom. The first-order chi connectivity index (χ1) is 16.5. The highest BCUT2D eigenvalue weighted by molar-refractivity contribution is 5.79. The van der Waals surface area contributed by atoms with E-state index in [-0.39, 0.29) is 5.41 Å². The van der Waals surface area contributed by atoms with Gasteiger partial charge in [0, 0.05) is 32.0 Å². The number of aryl methyl sites for hydroxylation is 1. The highest BCUT2D eigenvalue weighted by atomic mass is 16.5. The average molecular weight is 465 g/mol. The van der Waals surface area contributed by atoms with Gasteiger partial charge in [0.05, 0.1) is 6.61 Å². The second-order valence-corrected chi connectivity index (χ2v) is 9.59. The molecule has 1 atom stereocenters. The van der Waals surface area contributed by atoms with Crippen molar-refractivity contribution >= 4 is 5.91 Å². The largest absolute Gasteiger partial charge is 0.493 e. The van der Waals surface area contributed by atoms with Gasteiger partial charge in [0.1, 0.15) is 5.75 Å². The summed E-state index contributed by atoms with van der Waals surface area (Å²) in [5.74, 6) is 1.40. The van der Waals surface area contributed by atoms with Crippen LogP contribution in [0.25, 0.3) is 0 Å². The van der Waals surface area contributed by atoms with Crippen molar-refractivity contribution in [2.45, 2.75) is 79.8 Å². The standard InChI is InChI=1S/C26H32N2O2.2C2H6/c1-19-3-5-21(6-4-19)17-28-18-26(16-25(28)29)10-12-27(13-11-26)20(2)23-8-7-22-9-14-30-24(22)15-23;2*1-2/h3-8,15,20H,9-14,16-18H2,1-2H3;2*1-2H3. The molecule has 1 unspecified atom stereocenters. The average Bonchev–Trinajstić information content (AvgIpc) is 3.47. The number of piperidine rings is 1. The van der Waals surface area contributed by atoms with Crippen molar-refractivity contribution in [3.05, 3.63) is 64.7 Å². The normalized spacial score (nSPS) is 19.5. The van der Waals surface area contributed by atoms with Gasteiger partial charge < -0.3 is 9.64 Å². The maximum atomic E-state index is 12.8. The summed E-state index contributed by atoms with van der Waals surface area (Å²) in [5, 5.41) is 0. The molecule has 0 bridgehead atoms. The lowest BCUT2D eigenvalue weighted by Gasteiger charge is -2.41. The predicted octanol–water partition coefficient (Wildman–Crippen LogP) is 6.56. The number of hydrogen-bond acceptors (Lipinski definition) is 3. The van der Waals surface area contributed by atoms with Gasteiger partial charge >= 0.3 is 0 Å². The third-order valence-corrected chi connectivity index (χ3v) is 7.51. The van der Waals surface area contributed by atoms with Gasteiger partial charge in [0.2, 0.25) is 5.91 Å². The molecule has 2 fully saturated rings. The fraction of sp³-hybridized carbons (Fsp3) is 0.567. The number of benzene rings is 2. The Balaban J connectivity index is 0.000000771. The summed E-state index contributed by atoms with van der Waals surface area (Å²) in [6.45, 7) is 17.0. The number of carbonyl (C=O) groups is 1. The third-order valence-electron chi connectivity index (χ3n) is 7.51. The van der Waals surface area contributed by atoms with Crippen molar-refractivity contribution in [2.75, 3.05) is 26.2 Å². The molecule has 3 aliphatic heterocycles. The first-order valence-electron chi connectivity index (χ1n) is 13.3. The van der Waals surface area contributed by atoms with Crippen LogP contribution in [0.15, 0.2) is 42.5 Å². The molecule has 0 aliphatic carbocycles. The van der Waals surface area contributed by atoms with E-state index in [1.54, 1.807) is 0 Å². The lowest BCUT2D eigenvalue weighted by Crippen LogP contribution is -2.42. The molecule has 0 N–H and O–H groups in total. The Kier molecular flexibility index (Phi) is 9.18. The molecule has 1 amide bonds. The number of ether oxygens (including phenoxy) is 1. The molecule has 2 aromatic rings. The van der Waals surface area contributed by atoms with Gasteiger partial charge in [0.15, 0.2) is 0 Å². The van der Waals surface area contributed by atoms with Crippen molar-refractivity contribution in [3.63, 3.8) is 0 Å². The molecule has 5 rings (SSSR count). The molecule has 1 spiro atoms. The number of rotatable bonds is 4. The van der Waals surface area contributed by atoms with Crippen molar-refractivity contribution < 1.29 is 9.53 Å². The van der Waals surface area contributed by atoms with Gasteiger partial charge in [-0.1, -0.05) is 69.7 Å². The minimum Gasteiger partial charge on any atom is -0.493 e. The topological polar surface area (TPSA) is 32.8 Å². The number of fused-ring (bicyclic) bond motifs is 1. The smallest absolute Gasteiger partial charge is 0.223 e. The van der Waals surface area contributed by atoms with E-state index in [9.17, 15) is 4.79 Å². The first kappa shape index (κ1) is 26.3. The van der Waals surface area contributed by atoms with E-state index in [2.05, 4.69) is 66.1 Å². The fourth-order valence-corrected chi connectivity index (χ4v) is 5.41. The predicted molar refractivity (Wildman–Crippen MR) is 141 cm³/mol. The van der Waals surface area contributed by atoms with E-state index in [4.69, 9.17) is 4.74 Å². The minimum absolute atomic E-state index is 0.166. The lowest BCUT2D eigenvalue weighted by molar-refractivity contribution is -0.128. The lowest BCUT2D eigenvalue weighted by atomic mass is 9.77. The molecule has 34 heavy (non-hydrogen) atoms. The van der Waals surface area contributed by atoms with Crippen LogP contribution >= 0.6 is 0 Å². The molecule has 186 valence electrons. The number of nitrogens with zero attached hydrogens (tertiary/aromatic N) is 2. The van der Waals surface area contributed by atoms with Gasteiger partial charge in [-0.25, -0.2) is 0 Å². The zero-order chi connectivity index (χ0) is 24.7. The Morgan fingerprint density at radius 3 is 2.35 bits per heavy atom. The maximum Gasteiger partial charge on any atom is 0.223 e. The molecule has 4 nitrogen and oxygen atoms in total. The molecule has 3 aliphatic rings. The van der Waals surface area contributed by atoms with Crippen LogP contribution in [0.2, 0.25) is 0 Å². The summed E-state index contributed by atoms with van der Waals surface area (Å²) in [7, 11) is 0. The van der Waals surface area contributed by atoms with E-state index in [0.717, 1.165) is 57.8 Å². The van der Waals surface area contributed by atoms with Crippen LogP contribution in [0, 0.1) is 12.3 Å². The number of carbonyl (C=O) groups excluding carboxylic acids is 1. The van der Waals surface area contributed by atoms with Crippen LogP contribution in [-0.4, -0.2) is 41.9 Å². The van der Waals surface area contributed by atoms with Crippen molar-refractivity contribution in [3.8, 4) is 5.75 Å². The molecular formula is C30H44N2O2. The molecular weight excluding hydrogens is 420 g/mol. The molecule has 0 saturated carbocycles. The molecule has 2 aromatic carbocycles. The van der Waals surface area contributed by atoms with Gasteiger partial charge in [-0.05, 0) is 68.0 Å². The molecule has 3 heterocycles. The third kappa shape index (κ3) is 5.83. The second-order valence-electron chi connectivity index (χ2n) is 9.59. The summed E-state index contributed by atoms with van der Waals surface area (Å²) >= 11 is 0. The van der Waals surface area contributed by atoms with Gasteiger partial charge in [-0.15, -0.1) is 0 Å². The molecule has 4 heteroatoms. The van der Waals surface area contributed by atoms with Crippen LogP contribution in [0.1, 0.15) is 82.2 Å². The molecule has 2 saturated heterocycles. The highest BCUT2D eigenvalue weighted by Gasteiger charge is 2.45. The van der Waals surface area contributed by atoms with Crippen LogP contribution < -0.4 is 4.74 Å². The summed E-state index contributed by atoms with van der Waals surface area (Å²) < 4.78 is 5.77. The van der Waals surface area contributed by atoms with Gasteiger partial charge in [-0.2, -0.15) is 0 Å². The first-order valence-corrected chi connectivity index (χ1v) is 13.3. The quantitative estimate of drug-likeness (QED) is 0.514. The van der Waals surface area contributed by atoms with Crippen molar-refractivity contribution in [2.24, 2.45) is 5.41 Å². The Hall–Kier alpha value is -2.33. The Morgan fingerprint density at radius 1 is 1.00 bits per heavy atom. The number of amides is 1.